The molecule has 3 heteroatoms. The van der Waals surface area contributed by atoms with Gasteiger partial charge in [-0.3, -0.25) is 5.09 Å². The Hall–Kier alpha value is 0.610. The van der Waals surface area contributed by atoms with Crippen molar-refractivity contribution in [2.45, 2.75) is 13.8 Å². The molecule has 0 bridgehead atoms. The summed E-state index contributed by atoms with van der Waals surface area (Å²) in [5.74, 6) is 0. The zero-order valence-electron chi connectivity index (χ0n) is 5.77. The van der Waals surface area contributed by atoms with Gasteiger partial charge < -0.3 is 0 Å². The molecule has 0 aromatic heterocycles. The highest BCUT2D eigenvalue weighted by Crippen LogP contribution is 2.38. The lowest BCUT2D eigenvalue weighted by molar-refractivity contribution is 1.20. The molecule has 0 aromatic carbocycles. The fourth-order valence-electron chi connectivity index (χ4n) is 0.540. The maximum atomic E-state index is 5.31. The normalized spacial score (nSPS) is 11.9. The number of hydrogen-bond donors (Lipinski definition) is 1. The van der Waals surface area contributed by atoms with Crippen LogP contribution in [0.25, 0.3) is 0 Å². The van der Waals surface area contributed by atoms with Crippen molar-refractivity contribution in [3.63, 3.8) is 0 Å². The van der Waals surface area contributed by atoms with Crippen molar-refractivity contribution in [2.24, 2.45) is 0 Å². The number of nitrogens with one attached hydrogen (secondary N) is 1. The minimum Gasteiger partial charge on any atom is -0.292 e. The van der Waals surface area contributed by atoms with Crippen LogP contribution in [0.3, 0.4) is 0 Å². The quantitative estimate of drug-likeness (QED) is 0.615. The van der Waals surface area contributed by atoms with Gasteiger partial charge in [-0.25, -0.2) is 0 Å². The van der Waals surface area contributed by atoms with E-state index >= 15 is 0 Å². The lowest BCUT2D eigenvalue weighted by atomic mass is 11.0. The highest BCUT2D eigenvalue weighted by molar-refractivity contribution is 8.13. The van der Waals surface area contributed by atoms with Crippen molar-refractivity contribution in [3.05, 3.63) is 0 Å². The summed E-state index contributed by atoms with van der Waals surface area (Å²) in [6.07, 6.45) is 1.19. The van der Waals surface area contributed by atoms with Gasteiger partial charge in [-0.2, -0.15) is 0 Å². The van der Waals surface area contributed by atoms with E-state index in [-0.39, 0.29) is 0 Å². The molecule has 0 aromatic rings. The van der Waals surface area contributed by atoms with Crippen LogP contribution in [0.1, 0.15) is 13.8 Å². The van der Waals surface area contributed by atoms with Gasteiger partial charge in [0, 0.05) is 6.19 Å². The molecule has 0 rings (SSSR count). The summed E-state index contributed by atoms with van der Waals surface area (Å²) in [6.45, 7) is 4.31. The highest BCUT2D eigenvalue weighted by atomic mass is 32.4. The Bertz CT molecular complexity index is 83.6. The van der Waals surface area contributed by atoms with Crippen LogP contribution in [0.4, 0.5) is 0 Å². The molecule has 50 valence electrons. The molecule has 8 heavy (non-hydrogen) atoms. The molecule has 0 fully saturated rings. The Morgan fingerprint density at radius 1 is 1.38 bits per heavy atom. The lowest BCUT2D eigenvalue weighted by Crippen LogP contribution is -2.05. The summed E-state index contributed by atoms with van der Waals surface area (Å²) < 4.78 is 0. The van der Waals surface area contributed by atoms with Crippen LogP contribution in [0.5, 0.6) is 0 Å². The number of hydrogen-bond acceptors (Lipinski definition) is 1. The lowest BCUT2D eigenvalue weighted by Gasteiger charge is -2.15. The summed E-state index contributed by atoms with van der Waals surface area (Å²) in [6, 6.07) is 0. The maximum absolute atomic E-state index is 5.31. The topological polar surface area (TPSA) is 12.0 Å². The Kier molecular flexibility index (Phi) is 3.87. The van der Waals surface area contributed by atoms with Crippen molar-refractivity contribution >= 4 is 18.0 Å². The molecule has 0 aliphatic carbocycles. The summed E-state index contributed by atoms with van der Waals surface area (Å²) in [7, 11) is 1.97. The van der Waals surface area contributed by atoms with Crippen LogP contribution in [0.15, 0.2) is 0 Å². The first-order chi connectivity index (χ1) is 3.68. The molecule has 0 amide bonds. The fraction of sp³-hybridized carbons (Fsp3) is 1.00. The molecule has 0 unspecified atom stereocenters. The molecule has 1 nitrogen and oxygen atoms in total. The van der Waals surface area contributed by atoms with Crippen molar-refractivity contribution in [3.8, 4) is 0 Å². The average Bonchev–Trinajstić information content (AvgIpc) is 1.87. The van der Waals surface area contributed by atoms with Crippen molar-refractivity contribution in [1.29, 1.82) is 0 Å². The van der Waals surface area contributed by atoms with Gasteiger partial charge in [0.15, 0.2) is 0 Å². The standard InChI is InChI=1S/C5H14NPS/c1-4-7(8,5-2)6-3/h4-5H2,1-3H3,(H,6,8). The van der Waals surface area contributed by atoms with Crippen LogP contribution >= 0.6 is 6.19 Å². The van der Waals surface area contributed by atoms with Gasteiger partial charge in [0.2, 0.25) is 0 Å². The third-order valence-corrected chi connectivity index (χ3v) is 6.38. The van der Waals surface area contributed by atoms with E-state index in [2.05, 4.69) is 18.9 Å². The van der Waals surface area contributed by atoms with E-state index in [9.17, 15) is 0 Å². The summed E-state index contributed by atoms with van der Waals surface area (Å²) in [5.41, 5.74) is 0. The van der Waals surface area contributed by atoms with Gasteiger partial charge in [0.25, 0.3) is 0 Å². The molecule has 0 saturated carbocycles. The molecular formula is C5H14NPS. The largest absolute Gasteiger partial charge is 0.292 e. The maximum Gasteiger partial charge on any atom is 0.0117 e. The summed E-state index contributed by atoms with van der Waals surface area (Å²) in [5, 5.41) is 3.20. The third kappa shape index (κ3) is 2.25. The van der Waals surface area contributed by atoms with E-state index in [0.29, 0.717) is 0 Å². The van der Waals surface area contributed by atoms with Crippen LogP contribution < -0.4 is 5.09 Å². The predicted molar refractivity (Wildman–Crippen MR) is 44.4 cm³/mol. The van der Waals surface area contributed by atoms with Gasteiger partial charge in [-0.05, 0) is 19.4 Å². The summed E-state index contributed by atoms with van der Waals surface area (Å²) in [4.78, 5) is 0. The van der Waals surface area contributed by atoms with Crippen LogP contribution in [-0.2, 0) is 11.8 Å². The predicted octanol–water partition coefficient (Wildman–Crippen LogP) is 1.64. The molecular weight excluding hydrogens is 137 g/mol. The van der Waals surface area contributed by atoms with Gasteiger partial charge in [-0.1, -0.05) is 25.7 Å². The van der Waals surface area contributed by atoms with Crippen LogP contribution in [-0.4, -0.2) is 19.4 Å². The second-order valence-corrected chi connectivity index (χ2v) is 7.33. The van der Waals surface area contributed by atoms with Crippen molar-refractivity contribution < 1.29 is 0 Å². The van der Waals surface area contributed by atoms with Crippen LogP contribution in [0.2, 0.25) is 0 Å². The van der Waals surface area contributed by atoms with E-state index in [0.717, 1.165) is 12.3 Å². The van der Waals surface area contributed by atoms with Gasteiger partial charge in [0.05, 0.1) is 0 Å². The first kappa shape index (κ1) is 8.61. The fourth-order valence-corrected chi connectivity index (χ4v) is 1.62. The Morgan fingerprint density at radius 3 is 1.75 bits per heavy atom. The molecule has 0 heterocycles. The van der Waals surface area contributed by atoms with E-state index in [1.165, 1.54) is 0 Å². The van der Waals surface area contributed by atoms with E-state index in [1.54, 1.807) is 0 Å². The second kappa shape index (κ2) is 3.60. The Balaban J connectivity index is 3.79. The van der Waals surface area contributed by atoms with Gasteiger partial charge in [-0.15, -0.1) is 0 Å². The molecule has 1 N–H and O–H groups in total. The molecule has 0 atom stereocenters. The second-order valence-electron chi connectivity index (χ2n) is 1.75. The molecule has 0 spiro atoms. The van der Waals surface area contributed by atoms with Crippen molar-refractivity contribution in [2.75, 3.05) is 19.4 Å². The molecule has 0 aliphatic heterocycles. The first-order valence-corrected chi connectivity index (χ1v) is 6.13. The minimum absolute atomic E-state index is 1.08. The summed E-state index contributed by atoms with van der Waals surface area (Å²) >= 11 is 5.31. The molecule has 0 aliphatic rings. The third-order valence-electron chi connectivity index (χ3n) is 1.43. The number of rotatable bonds is 3. The minimum atomic E-state index is -1.08. The smallest absolute Gasteiger partial charge is 0.0117 e. The van der Waals surface area contributed by atoms with Gasteiger partial charge >= 0.3 is 0 Å². The van der Waals surface area contributed by atoms with E-state index < -0.39 is 6.19 Å². The van der Waals surface area contributed by atoms with E-state index in [4.69, 9.17) is 11.8 Å². The monoisotopic (exact) mass is 151 g/mol. The Morgan fingerprint density at radius 2 is 1.75 bits per heavy atom. The highest BCUT2D eigenvalue weighted by Gasteiger charge is 2.05. The first-order valence-electron chi connectivity index (χ1n) is 2.95. The van der Waals surface area contributed by atoms with Crippen molar-refractivity contribution in [1.82, 2.24) is 5.09 Å². The molecule has 0 saturated heterocycles. The zero-order valence-corrected chi connectivity index (χ0v) is 7.48. The average molecular weight is 151 g/mol. The van der Waals surface area contributed by atoms with E-state index in [1.807, 2.05) is 7.05 Å². The SMILES string of the molecule is CCP(=S)(CC)NC. The van der Waals surface area contributed by atoms with Gasteiger partial charge in [0.1, 0.15) is 0 Å². The zero-order chi connectivity index (χ0) is 6.62. The molecule has 0 radical (unpaired) electrons. The van der Waals surface area contributed by atoms with Crippen LogP contribution in [0, 0.1) is 0 Å². The Labute approximate surface area is 56.9 Å².